The molecule has 7 nitrogen and oxygen atoms in total. The maximum Gasteiger partial charge on any atom is 0.245 e. The summed E-state index contributed by atoms with van der Waals surface area (Å²) in [5.74, 6) is 0.944. The van der Waals surface area contributed by atoms with Crippen molar-refractivity contribution in [3.63, 3.8) is 0 Å². The van der Waals surface area contributed by atoms with Crippen molar-refractivity contribution < 1.29 is 14.3 Å². The molecule has 1 heterocycles. The SMILES string of the molecule is CCN(CC(=O)Nc1cc(C(C)(C)C)nn1-c1ccccc1)C(=O)Cc1ccc(OC)cc1. The third-order valence-electron chi connectivity index (χ3n) is 5.33. The van der Waals surface area contributed by atoms with Gasteiger partial charge >= 0.3 is 0 Å². The molecule has 0 fully saturated rings. The number of amides is 2. The van der Waals surface area contributed by atoms with Gasteiger partial charge in [-0.3, -0.25) is 9.59 Å². The molecule has 174 valence electrons. The maximum atomic E-state index is 12.9. The van der Waals surface area contributed by atoms with Crippen LogP contribution in [0, 0.1) is 0 Å². The van der Waals surface area contributed by atoms with Gasteiger partial charge in [0, 0.05) is 18.0 Å². The number of aromatic nitrogens is 2. The zero-order valence-electron chi connectivity index (χ0n) is 20.0. The molecule has 3 aromatic rings. The third-order valence-corrected chi connectivity index (χ3v) is 5.33. The molecule has 0 aliphatic rings. The van der Waals surface area contributed by atoms with Crippen molar-refractivity contribution in [1.29, 1.82) is 0 Å². The number of nitrogens with one attached hydrogen (secondary N) is 1. The van der Waals surface area contributed by atoms with Crippen molar-refractivity contribution in [3.05, 3.63) is 71.9 Å². The van der Waals surface area contributed by atoms with Crippen LogP contribution >= 0.6 is 0 Å². The molecule has 0 spiro atoms. The van der Waals surface area contributed by atoms with E-state index in [0.717, 1.165) is 22.7 Å². The van der Waals surface area contributed by atoms with Gasteiger partial charge < -0.3 is 15.0 Å². The number of methoxy groups -OCH3 is 1. The van der Waals surface area contributed by atoms with Gasteiger partial charge in [-0.25, -0.2) is 4.68 Å². The molecule has 0 unspecified atom stereocenters. The lowest BCUT2D eigenvalue weighted by Crippen LogP contribution is -2.38. The molecule has 0 aliphatic heterocycles. The molecule has 1 N–H and O–H groups in total. The summed E-state index contributed by atoms with van der Waals surface area (Å²) in [5, 5.41) is 7.67. The average Bonchev–Trinajstić information content (AvgIpc) is 3.22. The van der Waals surface area contributed by atoms with Crippen molar-refractivity contribution in [2.75, 3.05) is 25.5 Å². The first-order valence-corrected chi connectivity index (χ1v) is 11.1. The lowest BCUT2D eigenvalue weighted by Gasteiger charge is -2.20. The van der Waals surface area contributed by atoms with Gasteiger partial charge in [-0.2, -0.15) is 5.10 Å². The smallest absolute Gasteiger partial charge is 0.245 e. The van der Waals surface area contributed by atoms with Crippen molar-refractivity contribution in [3.8, 4) is 11.4 Å². The number of anilines is 1. The van der Waals surface area contributed by atoms with Crippen molar-refractivity contribution in [2.24, 2.45) is 0 Å². The van der Waals surface area contributed by atoms with Gasteiger partial charge in [0.2, 0.25) is 11.8 Å². The second-order valence-corrected chi connectivity index (χ2v) is 8.89. The highest BCUT2D eigenvalue weighted by atomic mass is 16.5. The van der Waals surface area contributed by atoms with E-state index in [9.17, 15) is 9.59 Å². The lowest BCUT2D eigenvalue weighted by atomic mass is 9.92. The highest BCUT2D eigenvalue weighted by molar-refractivity contribution is 5.94. The van der Waals surface area contributed by atoms with Gasteiger partial charge in [0.1, 0.15) is 11.6 Å². The van der Waals surface area contributed by atoms with E-state index in [-0.39, 0.29) is 30.2 Å². The van der Waals surface area contributed by atoms with E-state index in [1.807, 2.05) is 67.6 Å². The molecule has 33 heavy (non-hydrogen) atoms. The van der Waals surface area contributed by atoms with E-state index >= 15 is 0 Å². The summed E-state index contributed by atoms with van der Waals surface area (Å²) in [6.45, 7) is 8.50. The molecule has 0 radical (unpaired) electrons. The summed E-state index contributed by atoms with van der Waals surface area (Å²) in [5.41, 5.74) is 2.41. The summed E-state index contributed by atoms with van der Waals surface area (Å²) >= 11 is 0. The summed E-state index contributed by atoms with van der Waals surface area (Å²) in [6.07, 6.45) is 0.223. The molecule has 0 bridgehead atoms. The first-order valence-electron chi connectivity index (χ1n) is 11.1. The highest BCUT2D eigenvalue weighted by Gasteiger charge is 2.22. The van der Waals surface area contributed by atoms with Crippen LogP contribution in [0.25, 0.3) is 5.69 Å². The molecule has 0 atom stereocenters. The van der Waals surface area contributed by atoms with Crippen molar-refractivity contribution >= 4 is 17.6 Å². The second-order valence-electron chi connectivity index (χ2n) is 8.89. The molecule has 3 rings (SSSR count). The number of hydrogen-bond donors (Lipinski definition) is 1. The number of para-hydroxylation sites is 1. The zero-order chi connectivity index (χ0) is 24.0. The van der Waals surface area contributed by atoms with E-state index in [1.165, 1.54) is 0 Å². The molecule has 0 saturated carbocycles. The van der Waals surface area contributed by atoms with Gasteiger partial charge in [0.05, 0.1) is 31.5 Å². The number of likely N-dealkylation sites (N-methyl/N-ethyl adjacent to an activating group) is 1. The Kier molecular flexibility index (Phi) is 7.53. The van der Waals surface area contributed by atoms with Crippen LogP contribution in [0.4, 0.5) is 5.82 Å². The lowest BCUT2D eigenvalue weighted by molar-refractivity contribution is -0.133. The van der Waals surface area contributed by atoms with E-state index in [2.05, 4.69) is 26.1 Å². The van der Waals surface area contributed by atoms with E-state index in [0.29, 0.717) is 12.4 Å². The van der Waals surface area contributed by atoms with Crippen LogP contribution in [0.2, 0.25) is 0 Å². The Morgan fingerprint density at radius 2 is 1.73 bits per heavy atom. The minimum atomic E-state index is -0.266. The Morgan fingerprint density at radius 1 is 1.06 bits per heavy atom. The molecule has 1 aromatic heterocycles. The van der Waals surface area contributed by atoms with Crippen LogP contribution in [0.5, 0.6) is 5.75 Å². The van der Waals surface area contributed by atoms with Crippen LogP contribution in [0.1, 0.15) is 39.0 Å². The monoisotopic (exact) mass is 448 g/mol. The van der Waals surface area contributed by atoms with Crippen LogP contribution in [0.15, 0.2) is 60.7 Å². The van der Waals surface area contributed by atoms with Crippen LogP contribution < -0.4 is 10.1 Å². The van der Waals surface area contributed by atoms with Gasteiger partial charge in [-0.15, -0.1) is 0 Å². The number of nitrogens with zero attached hydrogens (tertiary/aromatic N) is 3. The first kappa shape index (κ1) is 24.0. The standard InChI is InChI=1S/C26H32N4O3/c1-6-29(25(32)16-19-12-14-21(33-5)15-13-19)18-24(31)27-23-17-22(26(2,3)4)28-30(23)20-10-8-7-9-11-20/h7-15,17H,6,16,18H2,1-5H3,(H,27,31). The Hall–Kier alpha value is -3.61. The number of benzene rings is 2. The topological polar surface area (TPSA) is 76.5 Å². The number of ether oxygens (including phenoxy) is 1. The molecule has 7 heteroatoms. The van der Waals surface area contributed by atoms with E-state index in [1.54, 1.807) is 16.7 Å². The Morgan fingerprint density at radius 3 is 2.30 bits per heavy atom. The van der Waals surface area contributed by atoms with Gasteiger partial charge in [-0.05, 0) is 36.8 Å². The Labute approximate surface area is 195 Å². The van der Waals surface area contributed by atoms with Crippen LogP contribution in [-0.2, 0) is 21.4 Å². The average molecular weight is 449 g/mol. The molecule has 0 saturated heterocycles. The minimum Gasteiger partial charge on any atom is -0.497 e. The fourth-order valence-electron chi connectivity index (χ4n) is 3.36. The normalized spacial score (nSPS) is 11.2. The largest absolute Gasteiger partial charge is 0.497 e. The predicted molar refractivity (Wildman–Crippen MR) is 130 cm³/mol. The molecular weight excluding hydrogens is 416 g/mol. The molecule has 0 aliphatic carbocycles. The summed E-state index contributed by atoms with van der Waals surface area (Å²) < 4.78 is 6.89. The minimum absolute atomic E-state index is 0.0314. The predicted octanol–water partition coefficient (Wildman–Crippen LogP) is 4.21. The van der Waals surface area contributed by atoms with Gasteiger partial charge in [0.25, 0.3) is 0 Å². The Bertz CT molecular complexity index is 1080. The van der Waals surface area contributed by atoms with Gasteiger partial charge in [0.15, 0.2) is 0 Å². The fraction of sp³-hybridized carbons (Fsp3) is 0.346. The number of carbonyl (C=O) groups excluding carboxylic acids is 2. The number of hydrogen-bond acceptors (Lipinski definition) is 4. The second kappa shape index (κ2) is 10.3. The summed E-state index contributed by atoms with van der Waals surface area (Å²) in [4.78, 5) is 27.3. The number of carbonyl (C=O) groups is 2. The first-order chi connectivity index (χ1) is 15.7. The van der Waals surface area contributed by atoms with Crippen LogP contribution in [-0.4, -0.2) is 46.7 Å². The fourth-order valence-corrected chi connectivity index (χ4v) is 3.36. The number of rotatable bonds is 8. The summed E-state index contributed by atoms with van der Waals surface area (Å²) in [7, 11) is 1.60. The van der Waals surface area contributed by atoms with Crippen molar-refractivity contribution in [2.45, 2.75) is 39.5 Å². The maximum absolute atomic E-state index is 12.9. The quantitative estimate of drug-likeness (QED) is 0.560. The van der Waals surface area contributed by atoms with E-state index in [4.69, 9.17) is 9.84 Å². The summed E-state index contributed by atoms with van der Waals surface area (Å²) in [6, 6.07) is 18.9. The Balaban J connectivity index is 1.73. The van der Waals surface area contributed by atoms with Crippen molar-refractivity contribution in [1.82, 2.24) is 14.7 Å². The van der Waals surface area contributed by atoms with Gasteiger partial charge in [-0.1, -0.05) is 51.1 Å². The highest BCUT2D eigenvalue weighted by Crippen LogP contribution is 2.26. The van der Waals surface area contributed by atoms with Crippen LogP contribution in [0.3, 0.4) is 0 Å². The van der Waals surface area contributed by atoms with E-state index < -0.39 is 0 Å². The zero-order valence-corrected chi connectivity index (χ0v) is 20.0. The molecular formula is C26H32N4O3. The third kappa shape index (κ3) is 6.22. The molecule has 2 aromatic carbocycles. The molecule has 2 amide bonds.